The number of nitrogen functional groups attached to an aromatic ring is 1. The molecule has 2 aromatic heterocycles. The molecule has 0 aromatic carbocycles. The number of nitrogens with one attached hydrogen (secondary N) is 1. The predicted molar refractivity (Wildman–Crippen MR) is 90.5 cm³/mol. The van der Waals surface area contributed by atoms with E-state index in [1.807, 2.05) is 0 Å². The smallest absolute Gasteiger partial charge is 0.756 e. The molecule has 0 amide bonds. The summed E-state index contributed by atoms with van der Waals surface area (Å²) in [5.41, 5.74) is 4.21. The van der Waals surface area contributed by atoms with Crippen molar-refractivity contribution in [2.75, 3.05) is 12.3 Å². The van der Waals surface area contributed by atoms with Gasteiger partial charge >= 0.3 is 56.6 Å². The largest absolute Gasteiger partial charge is 1.00 e. The maximum atomic E-state index is 14.6. The number of aliphatic hydroxyl groups excluding tert-OH is 1. The van der Waals surface area contributed by atoms with Crippen molar-refractivity contribution in [2.45, 2.75) is 24.6 Å². The van der Waals surface area contributed by atoms with Crippen LogP contribution in [0.2, 0.25) is 0 Å². The Morgan fingerprint density at radius 3 is 2.37 bits per heavy atom. The van der Waals surface area contributed by atoms with Crippen molar-refractivity contribution in [3.05, 3.63) is 16.7 Å². The number of phosphoric ester groups is 1. The number of imidazole rings is 1. The van der Waals surface area contributed by atoms with Crippen molar-refractivity contribution in [2.24, 2.45) is 0 Å². The molecule has 180 valence electrons. The topological polar surface area (TPSA) is 287 Å². The Kier molecular flexibility index (Phi) is 12.9. The standard InChI is InChI=1S/C10H15FN5O13P3.3Li/c11-4-6(17)3(1-26-31(22,23)29-32(24,25)28-30(19,20)21)27-9(4)16-2-13-5-7(16)14-10(12)15-8(5)18;;;/h2-4,6,9,17H,1H2,(H,22,23)(H,24,25)(H2,19,20,21)(H3,12,14,15,18);;;/q;3*+1/p-3/t3-,4-,6-,9-;;;/m1.../s1. The second-order valence-corrected chi connectivity index (χ2v) is 10.4. The average Bonchev–Trinajstić information content (AvgIpc) is 3.12. The van der Waals surface area contributed by atoms with E-state index < -0.39 is 60.2 Å². The van der Waals surface area contributed by atoms with Crippen LogP contribution in [0.3, 0.4) is 0 Å². The van der Waals surface area contributed by atoms with E-state index in [1.165, 1.54) is 0 Å². The van der Waals surface area contributed by atoms with Crippen LogP contribution in [0.5, 0.6) is 0 Å². The van der Waals surface area contributed by atoms with Crippen molar-refractivity contribution >= 4 is 40.6 Å². The fourth-order valence-corrected chi connectivity index (χ4v) is 5.54. The van der Waals surface area contributed by atoms with Gasteiger partial charge in [0.05, 0.1) is 12.9 Å². The van der Waals surface area contributed by atoms with Crippen LogP contribution < -0.4 is 82.6 Å². The number of anilines is 1. The molecule has 1 aliphatic rings. The van der Waals surface area contributed by atoms with Crippen LogP contribution in [0.25, 0.3) is 11.2 Å². The van der Waals surface area contributed by atoms with E-state index >= 15 is 0 Å². The van der Waals surface area contributed by atoms with Crippen molar-refractivity contribution in [3.63, 3.8) is 0 Å². The number of aliphatic hydroxyl groups is 1. The first-order chi connectivity index (χ1) is 14.6. The summed E-state index contributed by atoms with van der Waals surface area (Å²) in [5, 5.41) is 9.98. The molecule has 18 nitrogen and oxygen atoms in total. The zero-order valence-electron chi connectivity index (χ0n) is 18.1. The number of rotatable bonds is 8. The van der Waals surface area contributed by atoms with Gasteiger partial charge in [-0.25, -0.2) is 18.0 Å². The first kappa shape index (κ1) is 35.2. The Balaban J connectivity index is 0.00000385. The number of hydrogen-bond donors (Lipinski definition) is 4. The molecule has 0 saturated carbocycles. The summed E-state index contributed by atoms with van der Waals surface area (Å²) in [4.78, 5) is 62.9. The van der Waals surface area contributed by atoms with Crippen molar-refractivity contribution < 1.29 is 117 Å². The van der Waals surface area contributed by atoms with Crippen LogP contribution in [-0.2, 0) is 31.6 Å². The van der Waals surface area contributed by atoms with E-state index in [0.717, 1.165) is 10.9 Å². The van der Waals surface area contributed by atoms with E-state index in [4.69, 9.17) is 15.4 Å². The number of phosphoric acid groups is 3. The monoisotopic (exact) mass is 543 g/mol. The van der Waals surface area contributed by atoms with Gasteiger partial charge in [0, 0.05) is 0 Å². The van der Waals surface area contributed by atoms with Gasteiger partial charge in [0.25, 0.3) is 29.0 Å². The van der Waals surface area contributed by atoms with Crippen LogP contribution in [0.4, 0.5) is 10.3 Å². The van der Waals surface area contributed by atoms with Crippen LogP contribution >= 0.6 is 23.5 Å². The molecule has 25 heteroatoms. The molecule has 0 spiro atoms. The number of nitrogens with two attached hydrogens (primary N) is 1. The number of halogens is 1. The van der Waals surface area contributed by atoms with Gasteiger partial charge < -0.3 is 39.7 Å². The minimum atomic E-state index is -6.13. The number of nitrogens with zero attached hydrogens (tertiary/aromatic N) is 3. The molecule has 3 heterocycles. The third-order valence-electron chi connectivity index (χ3n) is 3.82. The van der Waals surface area contributed by atoms with Crippen LogP contribution in [-0.4, -0.2) is 54.5 Å². The summed E-state index contributed by atoms with van der Waals surface area (Å²) in [6.45, 7) is -1.20. The molecule has 0 aliphatic carbocycles. The second kappa shape index (κ2) is 12.8. The number of fused-ring (bicyclic) bond motifs is 1. The molecule has 0 bridgehead atoms. The van der Waals surface area contributed by atoms with Gasteiger partial charge in [0.2, 0.25) is 5.95 Å². The Hall–Kier alpha value is 0.202. The molecule has 1 aliphatic heterocycles. The van der Waals surface area contributed by atoms with Crippen LogP contribution in [0.15, 0.2) is 11.1 Å². The molecule has 3 rings (SSSR count). The molecular weight excluding hydrogens is 531 g/mol. The first-order valence-electron chi connectivity index (χ1n) is 8.01. The minimum absolute atomic E-state index is 0. The second-order valence-electron chi connectivity index (χ2n) is 6.10. The summed E-state index contributed by atoms with van der Waals surface area (Å²) in [6, 6.07) is 0. The van der Waals surface area contributed by atoms with E-state index in [2.05, 4.69) is 28.1 Å². The van der Waals surface area contributed by atoms with Gasteiger partial charge in [-0.15, -0.1) is 0 Å². The molecule has 0 radical (unpaired) electrons. The summed E-state index contributed by atoms with van der Waals surface area (Å²) in [5.74, 6) is -0.336. The molecule has 3 unspecified atom stereocenters. The predicted octanol–water partition coefficient (Wildman–Crippen LogP) is -12.2. The minimum Gasteiger partial charge on any atom is -0.756 e. The maximum Gasteiger partial charge on any atom is 1.00 e. The SMILES string of the molecule is Nc1nc2c(ncn2[C@@H]2O[C@H](COP(=O)([O-])OP(=O)([O-])OP(=O)([O-])O)[C@@H](O)[C@H]2F)c(=O)[nH]1.[Li+].[Li+].[Li+]. The Morgan fingerprint density at radius 2 is 1.80 bits per heavy atom. The Bertz CT molecular complexity index is 1230. The molecule has 5 N–H and O–H groups in total. The van der Waals surface area contributed by atoms with Gasteiger partial charge in [0.15, 0.2) is 23.6 Å². The fraction of sp³-hybridized carbons (Fsp3) is 0.500. The quantitative estimate of drug-likeness (QED) is 0.178. The van der Waals surface area contributed by atoms with Crippen LogP contribution in [0.1, 0.15) is 6.23 Å². The van der Waals surface area contributed by atoms with Gasteiger partial charge in [-0.3, -0.25) is 28.0 Å². The molecular formula is C10H12FLi3N5O13P3. The molecule has 7 atom stereocenters. The maximum absolute atomic E-state index is 14.6. The van der Waals surface area contributed by atoms with Crippen LogP contribution in [0, 0.1) is 0 Å². The summed E-state index contributed by atoms with van der Waals surface area (Å²) < 4.78 is 64.5. The number of H-pyrrole nitrogens is 1. The zero-order chi connectivity index (χ0) is 24.1. The molecule has 1 fully saturated rings. The third-order valence-corrected chi connectivity index (χ3v) is 7.51. The number of aromatic nitrogens is 4. The zero-order valence-corrected chi connectivity index (χ0v) is 20.8. The number of alkyl halides is 1. The van der Waals surface area contributed by atoms with Gasteiger partial charge in [-0.2, -0.15) is 4.98 Å². The number of ether oxygens (including phenoxy) is 1. The Labute approximate surface area is 230 Å². The number of hydrogen-bond acceptors (Lipinski definition) is 15. The number of aromatic amines is 1. The summed E-state index contributed by atoms with van der Waals surface area (Å²) in [6.07, 6.45) is -6.72. The van der Waals surface area contributed by atoms with E-state index in [1.54, 1.807) is 0 Å². The average molecular weight is 543 g/mol. The van der Waals surface area contributed by atoms with Gasteiger partial charge in [0.1, 0.15) is 12.2 Å². The van der Waals surface area contributed by atoms with Crippen molar-refractivity contribution in [1.82, 2.24) is 19.5 Å². The van der Waals surface area contributed by atoms with Gasteiger partial charge in [-0.1, -0.05) is 0 Å². The van der Waals surface area contributed by atoms with Gasteiger partial charge in [-0.05, 0) is 0 Å². The molecule has 1 saturated heterocycles. The van der Waals surface area contributed by atoms with E-state index in [0.29, 0.717) is 0 Å². The first-order valence-corrected chi connectivity index (χ1v) is 12.4. The fourth-order valence-electron chi connectivity index (χ4n) is 2.65. The molecule has 2 aromatic rings. The summed E-state index contributed by atoms with van der Waals surface area (Å²) >= 11 is 0. The van der Waals surface area contributed by atoms with E-state index in [9.17, 15) is 42.7 Å². The van der Waals surface area contributed by atoms with Crippen molar-refractivity contribution in [1.29, 1.82) is 0 Å². The molecule has 35 heavy (non-hydrogen) atoms. The third kappa shape index (κ3) is 8.88. The summed E-state index contributed by atoms with van der Waals surface area (Å²) in [7, 11) is -17.9. The van der Waals surface area contributed by atoms with Crippen molar-refractivity contribution in [3.8, 4) is 0 Å². The Morgan fingerprint density at radius 1 is 1.20 bits per heavy atom. The van der Waals surface area contributed by atoms with E-state index in [-0.39, 0.29) is 73.7 Å². The normalized spacial score (nSPS) is 26.9.